The van der Waals surface area contributed by atoms with E-state index in [1.807, 2.05) is 41.3 Å². The van der Waals surface area contributed by atoms with E-state index >= 15 is 0 Å². The number of amides is 1. The van der Waals surface area contributed by atoms with Gasteiger partial charge >= 0.3 is 0 Å². The zero-order valence-corrected chi connectivity index (χ0v) is 16.3. The Balaban J connectivity index is 1.47. The molecule has 2 aliphatic rings. The van der Waals surface area contributed by atoms with Gasteiger partial charge in [-0.1, -0.05) is 30.3 Å². The predicted molar refractivity (Wildman–Crippen MR) is 109 cm³/mol. The molecule has 1 atom stereocenters. The molecule has 0 unspecified atom stereocenters. The molecule has 6 heteroatoms. The predicted octanol–water partition coefficient (Wildman–Crippen LogP) is 2.74. The summed E-state index contributed by atoms with van der Waals surface area (Å²) in [5.41, 5.74) is 2.08. The molecule has 0 radical (unpaired) electrons. The van der Waals surface area contributed by atoms with E-state index in [4.69, 9.17) is 5.11 Å². The highest BCUT2D eigenvalue weighted by Crippen LogP contribution is 2.40. The van der Waals surface area contributed by atoms with Crippen molar-refractivity contribution in [3.63, 3.8) is 0 Å². The van der Waals surface area contributed by atoms with Crippen molar-refractivity contribution in [1.82, 2.24) is 15.1 Å². The van der Waals surface area contributed by atoms with Crippen molar-refractivity contribution in [3.8, 4) is 11.3 Å². The second kappa shape index (κ2) is 8.27. The fourth-order valence-corrected chi connectivity index (χ4v) is 4.56. The number of benzene rings is 1. The fourth-order valence-electron chi connectivity index (χ4n) is 4.56. The van der Waals surface area contributed by atoms with E-state index in [2.05, 4.69) is 21.2 Å². The van der Waals surface area contributed by atoms with Crippen LogP contribution < -0.4 is 4.90 Å². The van der Waals surface area contributed by atoms with Gasteiger partial charge in [0.05, 0.1) is 5.69 Å². The monoisotopic (exact) mass is 380 g/mol. The van der Waals surface area contributed by atoms with Gasteiger partial charge in [0.2, 0.25) is 5.91 Å². The normalized spacial score (nSPS) is 22.7. The lowest BCUT2D eigenvalue weighted by Crippen LogP contribution is -2.54. The Morgan fingerprint density at radius 1 is 1.04 bits per heavy atom. The number of piperidine rings is 2. The number of hydrogen-bond acceptors (Lipinski definition) is 5. The summed E-state index contributed by atoms with van der Waals surface area (Å²) in [4.78, 5) is 16.5. The quantitative estimate of drug-likeness (QED) is 0.864. The van der Waals surface area contributed by atoms with Crippen LogP contribution in [0.15, 0.2) is 42.5 Å². The largest absolute Gasteiger partial charge is 0.396 e. The summed E-state index contributed by atoms with van der Waals surface area (Å²) < 4.78 is 0. The Morgan fingerprint density at radius 3 is 2.64 bits per heavy atom. The second-order valence-corrected chi connectivity index (χ2v) is 8.06. The molecule has 2 saturated heterocycles. The molecule has 1 aromatic carbocycles. The first kappa shape index (κ1) is 18.9. The number of carbonyl (C=O) groups excluding carboxylic acids is 1. The third-order valence-electron chi connectivity index (χ3n) is 6.04. The molecule has 3 heterocycles. The molecular weight excluding hydrogens is 352 g/mol. The average molecular weight is 380 g/mol. The Labute approximate surface area is 166 Å². The van der Waals surface area contributed by atoms with Gasteiger partial charge in [-0.2, -0.15) is 0 Å². The summed E-state index contributed by atoms with van der Waals surface area (Å²) >= 11 is 0. The first-order valence-electron chi connectivity index (χ1n) is 10.2. The van der Waals surface area contributed by atoms with Crippen LogP contribution in [0.5, 0.6) is 0 Å². The Kier molecular flexibility index (Phi) is 5.57. The number of aromatic nitrogens is 2. The lowest BCUT2D eigenvalue weighted by molar-refractivity contribution is -0.138. The third kappa shape index (κ3) is 4.02. The summed E-state index contributed by atoms with van der Waals surface area (Å²) in [7, 11) is 0. The zero-order valence-electron chi connectivity index (χ0n) is 16.3. The SMILES string of the molecule is O=C1CC[C@]2(CCCN(c3ccc(-c4ccccc4)nn3)C2)CN1CCCO. The van der Waals surface area contributed by atoms with E-state index in [9.17, 15) is 4.79 Å². The van der Waals surface area contributed by atoms with Crippen LogP contribution in [0, 0.1) is 5.41 Å². The lowest BCUT2D eigenvalue weighted by Gasteiger charge is -2.48. The second-order valence-electron chi connectivity index (χ2n) is 8.06. The average Bonchev–Trinajstić information content (AvgIpc) is 2.75. The van der Waals surface area contributed by atoms with Crippen LogP contribution in [0.4, 0.5) is 5.82 Å². The molecule has 28 heavy (non-hydrogen) atoms. The highest BCUT2D eigenvalue weighted by atomic mass is 16.3. The zero-order chi connectivity index (χ0) is 19.4. The lowest BCUT2D eigenvalue weighted by atomic mass is 9.73. The highest BCUT2D eigenvalue weighted by Gasteiger charge is 2.41. The molecule has 2 aliphatic heterocycles. The van der Waals surface area contributed by atoms with Gasteiger partial charge in [-0.25, -0.2) is 0 Å². The molecular formula is C22H28N4O2. The number of aliphatic hydroxyl groups excluding tert-OH is 1. The molecule has 148 valence electrons. The summed E-state index contributed by atoms with van der Waals surface area (Å²) in [5.74, 6) is 1.14. The van der Waals surface area contributed by atoms with Gasteiger partial charge < -0.3 is 14.9 Å². The van der Waals surface area contributed by atoms with Gasteiger partial charge in [0, 0.05) is 50.2 Å². The van der Waals surface area contributed by atoms with E-state index < -0.39 is 0 Å². The van der Waals surface area contributed by atoms with E-state index in [0.29, 0.717) is 19.4 Å². The summed E-state index contributed by atoms with van der Waals surface area (Å²) in [6, 6.07) is 14.2. The van der Waals surface area contributed by atoms with E-state index in [1.165, 1.54) is 0 Å². The molecule has 1 amide bonds. The van der Waals surface area contributed by atoms with Gasteiger partial charge in [-0.15, -0.1) is 10.2 Å². The number of aliphatic hydroxyl groups is 1. The molecule has 0 aliphatic carbocycles. The number of rotatable bonds is 5. The molecule has 1 aromatic heterocycles. The maximum absolute atomic E-state index is 12.3. The van der Waals surface area contributed by atoms with Crippen LogP contribution in [-0.4, -0.2) is 58.9 Å². The summed E-state index contributed by atoms with van der Waals surface area (Å²) in [6.45, 7) is 3.47. The van der Waals surface area contributed by atoms with Crippen LogP contribution in [0.1, 0.15) is 32.1 Å². The minimum atomic E-state index is 0.126. The van der Waals surface area contributed by atoms with Crippen molar-refractivity contribution in [3.05, 3.63) is 42.5 Å². The summed E-state index contributed by atoms with van der Waals surface area (Å²) in [6.07, 6.45) is 4.44. The smallest absolute Gasteiger partial charge is 0.222 e. The van der Waals surface area contributed by atoms with Crippen molar-refractivity contribution in [2.45, 2.75) is 32.1 Å². The summed E-state index contributed by atoms with van der Waals surface area (Å²) in [5, 5.41) is 18.1. The van der Waals surface area contributed by atoms with E-state index in [-0.39, 0.29) is 17.9 Å². The maximum Gasteiger partial charge on any atom is 0.222 e. The molecule has 4 rings (SSSR count). The van der Waals surface area contributed by atoms with Gasteiger partial charge in [0.25, 0.3) is 0 Å². The number of carbonyl (C=O) groups is 1. The van der Waals surface area contributed by atoms with Crippen LogP contribution in [-0.2, 0) is 4.79 Å². The van der Waals surface area contributed by atoms with Crippen molar-refractivity contribution in [1.29, 1.82) is 0 Å². The Hall–Kier alpha value is -2.47. The molecule has 1 spiro atoms. The molecule has 2 fully saturated rings. The standard InChI is InChI=1S/C22H28N4O2/c27-15-5-14-26-17-22(12-10-21(26)28)11-4-13-25(16-22)20-9-8-19(23-24-20)18-6-2-1-3-7-18/h1-3,6-9,27H,4-5,10-17H2/t22-/m0/s1. The number of nitrogens with zero attached hydrogens (tertiary/aromatic N) is 4. The van der Waals surface area contributed by atoms with Crippen molar-refractivity contribution in [2.75, 3.05) is 37.7 Å². The van der Waals surface area contributed by atoms with Crippen molar-refractivity contribution >= 4 is 11.7 Å². The van der Waals surface area contributed by atoms with Crippen LogP contribution >= 0.6 is 0 Å². The fraction of sp³-hybridized carbons (Fsp3) is 0.500. The Morgan fingerprint density at radius 2 is 1.89 bits per heavy atom. The van der Waals surface area contributed by atoms with Crippen LogP contribution in [0.25, 0.3) is 11.3 Å². The molecule has 0 bridgehead atoms. The highest BCUT2D eigenvalue weighted by molar-refractivity contribution is 5.77. The maximum atomic E-state index is 12.3. The molecule has 6 nitrogen and oxygen atoms in total. The minimum Gasteiger partial charge on any atom is -0.396 e. The number of likely N-dealkylation sites (tertiary alicyclic amines) is 1. The van der Waals surface area contributed by atoms with Gasteiger partial charge in [0.15, 0.2) is 5.82 Å². The molecule has 1 N–H and O–H groups in total. The van der Waals surface area contributed by atoms with Gasteiger partial charge in [-0.05, 0) is 37.8 Å². The van der Waals surface area contributed by atoms with E-state index in [1.54, 1.807) is 0 Å². The van der Waals surface area contributed by atoms with Crippen LogP contribution in [0.3, 0.4) is 0 Å². The van der Waals surface area contributed by atoms with Crippen molar-refractivity contribution < 1.29 is 9.90 Å². The van der Waals surface area contributed by atoms with Crippen molar-refractivity contribution in [2.24, 2.45) is 5.41 Å². The molecule has 0 saturated carbocycles. The molecule has 2 aromatic rings. The van der Waals surface area contributed by atoms with Gasteiger partial charge in [-0.3, -0.25) is 4.79 Å². The minimum absolute atomic E-state index is 0.126. The number of hydrogen-bond donors (Lipinski definition) is 1. The topological polar surface area (TPSA) is 69.6 Å². The number of anilines is 1. The van der Waals surface area contributed by atoms with E-state index in [0.717, 1.165) is 56.0 Å². The van der Waals surface area contributed by atoms with Gasteiger partial charge in [0.1, 0.15) is 0 Å². The third-order valence-corrected chi connectivity index (χ3v) is 6.04. The Bertz CT molecular complexity index is 796. The van der Waals surface area contributed by atoms with Crippen LogP contribution in [0.2, 0.25) is 0 Å². The first-order chi connectivity index (χ1) is 13.7. The first-order valence-corrected chi connectivity index (χ1v) is 10.2.